The number of nitrogens with one attached hydrogen (secondary N) is 1. The minimum atomic E-state index is -0.0954. The Morgan fingerprint density at radius 2 is 1.74 bits per heavy atom. The molecule has 0 saturated carbocycles. The highest BCUT2D eigenvalue weighted by Gasteiger charge is 2.39. The van der Waals surface area contributed by atoms with E-state index in [0.29, 0.717) is 0 Å². The smallest absolute Gasteiger partial charge is 0.229 e. The molecule has 2 aromatic rings. The molecule has 2 heterocycles. The van der Waals surface area contributed by atoms with E-state index in [1.807, 2.05) is 18.2 Å². The third-order valence-corrected chi connectivity index (χ3v) is 7.57. The van der Waals surface area contributed by atoms with Crippen molar-refractivity contribution in [3.05, 3.63) is 53.6 Å². The van der Waals surface area contributed by atoms with E-state index < -0.39 is 0 Å². The molecule has 7 nitrogen and oxygen atoms in total. The van der Waals surface area contributed by atoms with E-state index in [-0.39, 0.29) is 17.9 Å². The molecule has 3 aliphatic rings. The van der Waals surface area contributed by atoms with Gasteiger partial charge in [0.2, 0.25) is 5.91 Å². The lowest BCUT2D eigenvalue weighted by Crippen LogP contribution is -2.50. The highest BCUT2D eigenvalue weighted by atomic mass is 16.5. The van der Waals surface area contributed by atoms with E-state index in [1.54, 1.807) is 7.11 Å². The summed E-state index contributed by atoms with van der Waals surface area (Å²) in [6, 6.07) is 14.6. The molecule has 7 heteroatoms. The number of anilines is 2. The van der Waals surface area contributed by atoms with E-state index in [4.69, 9.17) is 9.47 Å². The van der Waals surface area contributed by atoms with Crippen LogP contribution < -0.4 is 15.0 Å². The van der Waals surface area contributed by atoms with Crippen molar-refractivity contribution < 1.29 is 14.3 Å². The van der Waals surface area contributed by atoms with E-state index in [0.717, 1.165) is 76.8 Å². The molecule has 2 saturated heterocycles. The highest BCUT2D eigenvalue weighted by Crippen LogP contribution is 2.43. The van der Waals surface area contributed by atoms with Gasteiger partial charge in [0, 0.05) is 56.7 Å². The van der Waals surface area contributed by atoms with Crippen LogP contribution in [0.4, 0.5) is 11.4 Å². The topological polar surface area (TPSA) is 57.3 Å². The number of rotatable bonds is 5. The van der Waals surface area contributed by atoms with Crippen LogP contribution in [0, 0.1) is 5.92 Å². The molecule has 2 fully saturated rings. The number of piperazine rings is 1. The predicted octanol–water partition coefficient (Wildman–Crippen LogP) is 3.02. The molecule has 1 aliphatic carbocycles. The quantitative estimate of drug-likeness (QED) is 0.734. The Morgan fingerprint density at radius 3 is 2.44 bits per heavy atom. The average Bonchev–Trinajstić information content (AvgIpc) is 2.89. The van der Waals surface area contributed by atoms with Gasteiger partial charge in [-0.2, -0.15) is 0 Å². The van der Waals surface area contributed by atoms with E-state index in [2.05, 4.69) is 51.3 Å². The molecule has 2 aliphatic heterocycles. The number of methoxy groups -OCH3 is 1. The maximum Gasteiger partial charge on any atom is 0.229 e. The Balaban J connectivity index is 1.35. The second-order valence-corrected chi connectivity index (χ2v) is 9.59. The molecule has 0 aromatic heterocycles. The zero-order valence-corrected chi connectivity index (χ0v) is 20.3. The summed E-state index contributed by atoms with van der Waals surface area (Å²) in [5, 5.41) is 3.23. The van der Waals surface area contributed by atoms with Gasteiger partial charge >= 0.3 is 0 Å². The lowest BCUT2D eigenvalue weighted by atomic mass is 9.77. The summed E-state index contributed by atoms with van der Waals surface area (Å²) in [7, 11) is 3.90. The van der Waals surface area contributed by atoms with Gasteiger partial charge in [0.1, 0.15) is 5.75 Å². The number of morpholine rings is 1. The molecule has 5 rings (SSSR count). The van der Waals surface area contributed by atoms with Gasteiger partial charge in [0.25, 0.3) is 0 Å². The molecule has 1 N–H and O–H groups in total. The van der Waals surface area contributed by atoms with Gasteiger partial charge in [0.15, 0.2) is 0 Å². The zero-order valence-electron chi connectivity index (χ0n) is 20.3. The largest absolute Gasteiger partial charge is 0.496 e. The molecule has 2 aromatic carbocycles. The van der Waals surface area contributed by atoms with Crippen molar-refractivity contribution in [3.63, 3.8) is 0 Å². The number of likely N-dealkylation sites (N-methyl/N-ethyl adjacent to an activating group) is 1. The number of hydrogen-bond acceptors (Lipinski definition) is 6. The van der Waals surface area contributed by atoms with Crippen molar-refractivity contribution >= 4 is 17.3 Å². The van der Waals surface area contributed by atoms with Crippen molar-refractivity contribution in [2.24, 2.45) is 5.92 Å². The normalized spacial score (nSPS) is 23.9. The van der Waals surface area contributed by atoms with Gasteiger partial charge in [-0.1, -0.05) is 12.1 Å². The Bertz CT molecular complexity index is 982. The van der Waals surface area contributed by atoms with Gasteiger partial charge in [-0.05, 0) is 61.3 Å². The van der Waals surface area contributed by atoms with Crippen molar-refractivity contribution in [1.82, 2.24) is 9.80 Å². The van der Waals surface area contributed by atoms with Gasteiger partial charge in [-0.15, -0.1) is 0 Å². The molecule has 0 unspecified atom stereocenters. The molecule has 182 valence electrons. The summed E-state index contributed by atoms with van der Waals surface area (Å²) >= 11 is 0. The third kappa shape index (κ3) is 4.78. The molecule has 0 spiro atoms. The molecule has 1 amide bonds. The fourth-order valence-electron chi connectivity index (χ4n) is 5.63. The fraction of sp³-hybridized carbons (Fsp3) is 0.519. The van der Waals surface area contributed by atoms with Crippen LogP contribution in [0.25, 0.3) is 0 Å². The van der Waals surface area contributed by atoms with Crippen LogP contribution in [-0.4, -0.2) is 82.3 Å². The first-order valence-corrected chi connectivity index (χ1v) is 12.5. The van der Waals surface area contributed by atoms with Crippen molar-refractivity contribution in [2.45, 2.75) is 18.9 Å². The van der Waals surface area contributed by atoms with Gasteiger partial charge in [0.05, 0.1) is 26.2 Å². The zero-order chi connectivity index (χ0) is 23.5. The van der Waals surface area contributed by atoms with Gasteiger partial charge in [-0.3, -0.25) is 9.69 Å². The van der Waals surface area contributed by atoms with Crippen LogP contribution in [-0.2, 0) is 16.0 Å². The van der Waals surface area contributed by atoms with Crippen LogP contribution in [0.1, 0.15) is 23.6 Å². The summed E-state index contributed by atoms with van der Waals surface area (Å²) in [5.74, 6) is 0.952. The van der Waals surface area contributed by atoms with Crippen molar-refractivity contribution in [3.8, 4) is 5.75 Å². The SMILES string of the molecule is COc1cccc2c1CC[C@@H](C(=O)Nc1ccc(N3CCOCC3)cc1)[C@@H]2N1CCN(C)CC1. The summed E-state index contributed by atoms with van der Waals surface area (Å²) in [5.41, 5.74) is 4.54. The molecule has 0 radical (unpaired) electrons. The number of fused-ring (bicyclic) bond motifs is 1. The molecule has 0 bridgehead atoms. The second kappa shape index (κ2) is 10.3. The second-order valence-electron chi connectivity index (χ2n) is 9.59. The van der Waals surface area contributed by atoms with Crippen LogP contribution in [0.3, 0.4) is 0 Å². The first-order chi connectivity index (χ1) is 16.6. The summed E-state index contributed by atoms with van der Waals surface area (Å²) in [4.78, 5) is 20.8. The number of nitrogens with zero attached hydrogens (tertiary/aromatic N) is 3. The minimum absolute atomic E-state index is 0.0696. The maximum absolute atomic E-state index is 13.6. The van der Waals surface area contributed by atoms with Gasteiger partial charge < -0.3 is 24.6 Å². The first kappa shape index (κ1) is 23.1. The van der Waals surface area contributed by atoms with Crippen LogP contribution in [0.15, 0.2) is 42.5 Å². The first-order valence-electron chi connectivity index (χ1n) is 12.5. The number of carbonyl (C=O) groups is 1. The Kier molecular flexibility index (Phi) is 7.04. The predicted molar refractivity (Wildman–Crippen MR) is 135 cm³/mol. The number of carbonyl (C=O) groups excluding carboxylic acids is 1. The molecular weight excluding hydrogens is 428 g/mol. The Labute approximate surface area is 202 Å². The van der Waals surface area contributed by atoms with Gasteiger partial charge in [-0.25, -0.2) is 0 Å². The lowest BCUT2D eigenvalue weighted by Gasteiger charge is -2.44. The van der Waals surface area contributed by atoms with Crippen LogP contribution in [0.2, 0.25) is 0 Å². The third-order valence-electron chi connectivity index (χ3n) is 7.57. The Morgan fingerprint density at radius 1 is 1.00 bits per heavy atom. The summed E-state index contributed by atoms with van der Waals surface area (Å²) in [6.07, 6.45) is 1.68. The van der Waals surface area contributed by atoms with Crippen LogP contribution in [0.5, 0.6) is 5.75 Å². The summed E-state index contributed by atoms with van der Waals surface area (Å²) < 4.78 is 11.1. The van der Waals surface area contributed by atoms with Crippen molar-refractivity contribution in [2.75, 3.05) is 76.9 Å². The number of amides is 1. The number of benzene rings is 2. The number of hydrogen-bond donors (Lipinski definition) is 1. The molecule has 2 atom stereocenters. The minimum Gasteiger partial charge on any atom is -0.496 e. The highest BCUT2D eigenvalue weighted by molar-refractivity contribution is 5.93. The maximum atomic E-state index is 13.6. The molecule has 34 heavy (non-hydrogen) atoms. The number of ether oxygens (including phenoxy) is 2. The molecular formula is C27H36N4O3. The van der Waals surface area contributed by atoms with E-state index in [9.17, 15) is 4.79 Å². The van der Waals surface area contributed by atoms with Crippen LogP contribution >= 0.6 is 0 Å². The van der Waals surface area contributed by atoms with E-state index >= 15 is 0 Å². The monoisotopic (exact) mass is 464 g/mol. The Hall–Kier alpha value is -2.61. The lowest BCUT2D eigenvalue weighted by molar-refractivity contribution is -0.123. The fourth-order valence-corrected chi connectivity index (χ4v) is 5.63. The standard InChI is InChI=1S/C27H36N4O3/c1-29-12-14-31(15-13-29)26-23-4-3-5-25(33-2)22(23)10-11-24(26)27(32)28-20-6-8-21(9-7-20)30-16-18-34-19-17-30/h3-9,24,26H,10-19H2,1-2H3,(H,28,32)/t24-,26-/m1/s1. The summed E-state index contributed by atoms with van der Waals surface area (Å²) in [6.45, 7) is 7.32. The van der Waals surface area contributed by atoms with E-state index in [1.165, 1.54) is 16.8 Å². The van der Waals surface area contributed by atoms with Crippen molar-refractivity contribution in [1.29, 1.82) is 0 Å². The average molecular weight is 465 g/mol.